The van der Waals surface area contributed by atoms with Crippen LogP contribution in [-0.2, 0) is 16.1 Å². The van der Waals surface area contributed by atoms with Crippen LogP contribution in [0.5, 0.6) is 0 Å². The molecule has 8 nitrogen and oxygen atoms in total. The minimum Gasteiger partial charge on any atom is -0.354 e. The highest BCUT2D eigenvalue weighted by molar-refractivity contribution is 9.10. The fourth-order valence-electron chi connectivity index (χ4n) is 4.01. The van der Waals surface area contributed by atoms with Gasteiger partial charge in [0.2, 0.25) is 23.5 Å². The highest BCUT2D eigenvalue weighted by Gasteiger charge is 2.26. The van der Waals surface area contributed by atoms with Crippen molar-refractivity contribution in [2.75, 3.05) is 32.7 Å². The number of aromatic nitrogens is 2. The smallest absolute Gasteiger partial charge is 0.241 e. The Hall–Kier alpha value is -2.26. The maximum Gasteiger partial charge on any atom is 0.241 e. The Balaban J connectivity index is 1.20. The monoisotopic (exact) mass is 475 g/mol. The van der Waals surface area contributed by atoms with Crippen LogP contribution in [0.2, 0.25) is 0 Å². The maximum atomic E-state index is 12.4. The molecule has 0 radical (unpaired) electrons. The normalized spacial score (nSPS) is 18.2. The summed E-state index contributed by atoms with van der Waals surface area (Å²) in [6.45, 7) is 4.18. The number of piperidine rings is 1. The van der Waals surface area contributed by atoms with E-state index in [1.807, 2.05) is 29.2 Å². The number of amides is 2. The van der Waals surface area contributed by atoms with Gasteiger partial charge in [-0.2, -0.15) is 4.98 Å². The number of benzene rings is 1. The lowest BCUT2D eigenvalue weighted by atomic mass is 9.96. The summed E-state index contributed by atoms with van der Waals surface area (Å²) in [5.74, 6) is 1.48. The van der Waals surface area contributed by atoms with E-state index in [9.17, 15) is 9.59 Å². The Labute approximate surface area is 184 Å². The second-order valence-electron chi connectivity index (χ2n) is 7.85. The van der Waals surface area contributed by atoms with Gasteiger partial charge in [-0.3, -0.25) is 14.5 Å². The lowest BCUT2D eigenvalue weighted by Crippen LogP contribution is -2.42. The molecule has 0 unspecified atom stereocenters. The number of rotatable bonds is 7. The summed E-state index contributed by atoms with van der Waals surface area (Å²) < 4.78 is 6.39. The second-order valence-corrected chi connectivity index (χ2v) is 8.76. The molecule has 2 aliphatic rings. The quantitative estimate of drug-likeness (QED) is 0.660. The van der Waals surface area contributed by atoms with Crippen LogP contribution < -0.4 is 5.32 Å². The van der Waals surface area contributed by atoms with Gasteiger partial charge in [0.15, 0.2) is 0 Å². The van der Waals surface area contributed by atoms with E-state index in [1.165, 1.54) is 0 Å². The van der Waals surface area contributed by atoms with Gasteiger partial charge >= 0.3 is 0 Å². The fourth-order valence-corrected chi connectivity index (χ4v) is 4.41. The molecule has 1 N–H and O–H groups in total. The van der Waals surface area contributed by atoms with Crippen LogP contribution in [0.4, 0.5) is 0 Å². The van der Waals surface area contributed by atoms with Crippen molar-refractivity contribution in [3.05, 3.63) is 34.6 Å². The van der Waals surface area contributed by atoms with E-state index in [-0.39, 0.29) is 17.7 Å². The predicted molar refractivity (Wildman–Crippen MR) is 114 cm³/mol. The van der Waals surface area contributed by atoms with E-state index in [2.05, 4.69) is 36.3 Å². The first kappa shape index (κ1) is 21.0. The molecular weight excluding hydrogens is 450 g/mol. The molecule has 3 heterocycles. The minimum atomic E-state index is 0.0236. The Morgan fingerprint density at radius 1 is 1.27 bits per heavy atom. The number of hydrogen-bond donors (Lipinski definition) is 1. The fraction of sp³-hybridized carbons (Fsp3) is 0.524. The summed E-state index contributed by atoms with van der Waals surface area (Å²) in [5, 5.41) is 7.08. The van der Waals surface area contributed by atoms with E-state index >= 15 is 0 Å². The van der Waals surface area contributed by atoms with Crippen LogP contribution in [-0.4, -0.2) is 64.5 Å². The van der Waals surface area contributed by atoms with Crippen LogP contribution in [0.3, 0.4) is 0 Å². The molecular formula is C21H26BrN5O3. The number of carbonyl (C=O) groups is 2. The predicted octanol–water partition coefficient (Wildman–Crippen LogP) is 2.45. The molecule has 1 aromatic heterocycles. The first-order chi connectivity index (χ1) is 14.6. The Bertz CT molecular complexity index is 894. The van der Waals surface area contributed by atoms with E-state index in [0.29, 0.717) is 37.8 Å². The number of carbonyl (C=O) groups excluding carboxylic acids is 2. The van der Waals surface area contributed by atoms with Crippen molar-refractivity contribution >= 4 is 27.7 Å². The topological polar surface area (TPSA) is 91.6 Å². The van der Waals surface area contributed by atoms with Gasteiger partial charge in [-0.1, -0.05) is 33.2 Å². The summed E-state index contributed by atoms with van der Waals surface area (Å²) in [7, 11) is 0. The van der Waals surface area contributed by atoms with E-state index in [4.69, 9.17) is 4.52 Å². The van der Waals surface area contributed by atoms with E-state index in [0.717, 1.165) is 48.9 Å². The van der Waals surface area contributed by atoms with Crippen molar-refractivity contribution in [1.29, 1.82) is 0 Å². The maximum absolute atomic E-state index is 12.4. The van der Waals surface area contributed by atoms with Crippen molar-refractivity contribution < 1.29 is 14.1 Å². The van der Waals surface area contributed by atoms with Crippen molar-refractivity contribution in [2.24, 2.45) is 5.92 Å². The zero-order chi connectivity index (χ0) is 20.9. The molecule has 0 bridgehead atoms. The molecule has 2 amide bonds. The van der Waals surface area contributed by atoms with Gasteiger partial charge < -0.3 is 14.7 Å². The van der Waals surface area contributed by atoms with Crippen molar-refractivity contribution in [1.82, 2.24) is 25.3 Å². The minimum absolute atomic E-state index is 0.0236. The molecule has 2 saturated heterocycles. The summed E-state index contributed by atoms with van der Waals surface area (Å²) in [4.78, 5) is 32.6. The summed E-state index contributed by atoms with van der Waals surface area (Å²) >= 11 is 3.45. The van der Waals surface area contributed by atoms with Crippen LogP contribution in [0.25, 0.3) is 11.4 Å². The average Bonchev–Trinajstić information content (AvgIpc) is 3.38. The van der Waals surface area contributed by atoms with Crippen LogP contribution in [0.1, 0.15) is 31.6 Å². The number of likely N-dealkylation sites (tertiary alicyclic amines) is 2. The van der Waals surface area contributed by atoms with Gasteiger partial charge in [-0.25, -0.2) is 0 Å². The third kappa shape index (κ3) is 5.26. The third-order valence-corrected chi connectivity index (χ3v) is 6.21. The summed E-state index contributed by atoms with van der Waals surface area (Å²) in [6.07, 6.45) is 3.18. The van der Waals surface area contributed by atoms with Gasteiger partial charge in [0.1, 0.15) is 0 Å². The number of nitrogens with zero attached hydrogens (tertiary/aromatic N) is 4. The van der Waals surface area contributed by atoms with E-state index < -0.39 is 0 Å². The molecule has 9 heteroatoms. The van der Waals surface area contributed by atoms with Crippen LogP contribution in [0, 0.1) is 5.92 Å². The van der Waals surface area contributed by atoms with Crippen LogP contribution in [0.15, 0.2) is 33.3 Å². The van der Waals surface area contributed by atoms with Gasteiger partial charge in [0.25, 0.3) is 0 Å². The van der Waals surface area contributed by atoms with E-state index in [1.54, 1.807) is 0 Å². The molecule has 0 aliphatic carbocycles. The Morgan fingerprint density at radius 2 is 2.10 bits per heavy atom. The van der Waals surface area contributed by atoms with Gasteiger partial charge in [-0.15, -0.1) is 0 Å². The van der Waals surface area contributed by atoms with Crippen molar-refractivity contribution in [3.63, 3.8) is 0 Å². The highest BCUT2D eigenvalue weighted by atomic mass is 79.9. The lowest BCUT2D eigenvalue weighted by molar-refractivity contribution is -0.129. The molecule has 0 atom stereocenters. The van der Waals surface area contributed by atoms with Crippen LogP contribution >= 0.6 is 15.9 Å². The van der Waals surface area contributed by atoms with Gasteiger partial charge in [0, 0.05) is 42.0 Å². The Kier molecular flexibility index (Phi) is 6.79. The Morgan fingerprint density at radius 3 is 2.83 bits per heavy atom. The number of nitrogens with one attached hydrogen (secondary N) is 1. The lowest BCUT2D eigenvalue weighted by Gasteiger charge is -2.30. The molecule has 0 spiro atoms. The summed E-state index contributed by atoms with van der Waals surface area (Å²) in [6, 6.07) is 7.80. The molecule has 2 aliphatic heterocycles. The zero-order valence-corrected chi connectivity index (χ0v) is 18.4. The first-order valence-electron chi connectivity index (χ1n) is 10.4. The van der Waals surface area contributed by atoms with Crippen molar-refractivity contribution in [2.45, 2.75) is 32.2 Å². The van der Waals surface area contributed by atoms with Gasteiger partial charge in [-0.05, 0) is 44.5 Å². The molecule has 30 heavy (non-hydrogen) atoms. The molecule has 1 aromatic carbocycles. The molecule has 160 valence electrons. The molecule has 2 aromatic rings. The molecule has 2 fully saturated rings. The van der Waals surface area contributed by atoms with Crippen molar-refractivity contribution in [3.8, 4) is 11.4 Å². The number of halogens is 1. The second kappa shape index (κ2) is 9.70. The zero-order valence-electron chi connectivity index (χ0n) is 16.8. The summed E-state index contributed by atoms with van der Waals surface area (Å²) in [5.41, 5.74) is 0.908. The number of hydrogen-bond acceptors (Lipinski definition) is 6. The van der Waals surface area contributed by atoms with Gasteiger partial charge in [0.05, 0.1) is 6.54 Å². The standard InChI is InChI=1S/C21H26BrN5O3/c22-17-4-1-3-16(13-17)20-24-18(30-25-20)14-26-10-6-15(7-11-26)21(29)23-8-12-27-9-2-5-19(27)28/h1,3-4,13,15H,2,5-12,14H2,(H,23,29). The SMILES string of the molecule is O=C(NCCN1CCCC1=O)C1CCN(Cc2nc(-c3cccc(Br)c3)no2)CC1. The molecule has 0 saturated carbocycles. The largest absolute Gasteiger partial charge is 0.354 e. The highest BCUT2D eigenvalue weighted by Crippen LogP contribution is 2.22. The average molecular weight is 476 g/mol. The first-order valence-corrected chi connectivity index (χ1v) is 11.2. The molecule has 4 rings (SSSR count). The third-order valence-electron chi connectivity index (χ3n) is 5.72.